The van der Waals surface area contributed by atoms with Gasteiger partial charge in [-0.25, -0.2) is 4.98 Å². The minimum atomic E-state index is 0. The number of halogens is 1. The van der Waals surface area contributed by atoms with Gasteiger partial charge in [-0.05, 0) is 37.7 Å². The fraction of sp³-hybridized carbons (Fsp3) is 0.714. The average Bonchev–Trinajstić information content (AvgIpc) is 2.62. The lowest BCUT2D eigenvalue weighted by molar-refractivity contribution is -0.0835. The Morgan fingerprint density at radius 3 is 2.64 bits per heavy atom. The predicted octanol–water partition coefficient (Wildman–Crippen LogP) is 3.99. The van der Waals surface area contributed by atoms with Crippen molar-refractivity contribution in [3.63, 3.8) is 0 Å². The van der Waals surface area contributed by atoms with E-state index in [0.29, 0.717) is 18.3 Å². The Morgan fingerprint density at radius 2 is 2.07 bits per heavy atom. The zero-order valence-corrected chi connectivity index (χ0v) is 20.4. The van der Waals surface area contributed by atoms with Gasteiger partial charge in [0.1, 0.15) is 0 Å². The van der Waals surface area contributed by atoms with Crippen molar-refractivity contribution in [2.45, 2.75) is 66.2 Å². The van der Waals surface area contributed by atoms with E-state index in [4.69, 9.17) is 9.47 Å². The van der Waals surface area contributed by atoms with E-state index >= 15 is 0 Å². The minimum Gasteiger partial charge on any atom is -0.475 e. The lowest BCUT2D eigenvalue weighted by Gasteiger charge is -2.40. The largest absolute Gasteiger partial charge is 0.475 e. The summed E-state index contributed by atoms with van der Waals surface area (Å²) in [4.78, 5) is 8.68. The number of pyridine rings is 1. The summed E-state index contributed by atoms with van der Waals surface area (Å²) in [5, 5.41) is 6.82. The summed E-state index contributed by atoms with van der Waals surface area (Å²) in [6.07, 6.45) is 4.55. The van der Waals surface area contributed by atoms with Crippen molar-refractivity contribution in [1.82, 2.24) is 15.6 Å². The monoisotopic (exact) mass is 504 g/mol. The van der Waals surface area contributed by atoms with Gasteiger partial charge in [-0.2, -0.15) is 0 Å². The summed E-state index contributed by atoms with van der Waals surface area (Å²) in [6.45, 7) is 13.1. The van der Waals surface area contributed by atoms with Crippen molar-refractivity contribution in [3.05, 3.63) is 23.9 Å². The maximum Gasteiger partial charge on any atom is 0.213 e. The van der Waals surface area contributed by atoms with E-state index in [1.54, 1.807) is 7.05 Å². The molecule has 6 nitrogen and oxygen atoms in total. The lowest BCUT2D eigenvalue weighted by atomic mass is 9.78. The van der Waals surface area contributed by atoms with Crippen LogP contribution < -0.4 is 15.4 Å². The standard InChI is InChI=1S/C21H36N4O2.HI/c1-15(2)27-18-10-9-16(12-23-18)13-24-20(22-6)25-14-17-8-7-11-26-19(17)21(3,4)5;/h9-10,12,15,17,19H,7-8,11,13-14H2,1-6H3,(H2,22,24,25);1H. The molecule has 2 heterocycles. The van der Waals surface area contributed by atoms with Gasteiger partial charge in [0, 0.05) is 44.9 Å². The number of aromatic nitrogens is 1. The van der Waals surface area contributed by atoms with Crippen LogP contribution in [0.3, 0.4) is 0 Å². The van der Waals surface area contributed by atoms with Crippen LogP contribution >= 0.6 is 24.0 Å². The van der Waals surface area contributed by atoms with Crippen LogP contribution in [-0.2, 0) is 11.3 Å². The van der Waals surface area contributed by atoms with Gasteiger partial charge in [0.2, 0.25) is 5.88 Å². The molecule has 0 aliphatic carbocycles. The molecule has 28 heavy (non-hydrogen) atoms. The summed E-state index contributed by atoms with van der Waals surface area (Å²) in [7, 11) is 1.80. The van der Waals surface area contributed by atoms with Gasteiger partial charge >= 0.3 is 0 Å². The molecule has 7 heteroatoms. The summed E-state index contributed by atoms with van der Waals surface area (Å²) in [6, 6.07) is 3.93. The first-order chi connectivity index (χ1) is 12.8. The van der Waals surface area contributed by atoms with Gasteiger partial charge in [0.05, 0.1) is 12.2 Å². The molecule has 1 saturated heterocycles. The number of guanidine groups is 1. The first-order valence-electron chi connectivity index (χ1n) is 9.97. The van der Waals surface area contributed by atoms with Gasteiger partial charge in [-0.1, -0.05) is 26.8 Å². The Balaban J connectivity index is 0.00000392. The molecule has 2 rings (SSSR count). The number of aliphatic imine (C=N–C) groups is 1. The smallest absolute Gasteiger partial charge is 0.213 e. The number of nitrogens with zero attached hydrogens (tertiary/aromatic N) is 2. The van der Waals surface area contributed by atoms with E-state index in [1.807, 2.05) is 32.2 Å². The summed E-state index contributed by atoms with van der Waals surface area (Å²) in [5.74, 6) is 1.95. The molecule has 1 aromatic rings. The Kier molecular flexibility index (Phi) is 10.5. The zero-order chi connectivity index (χ0) is 19.9. The van der Waals surface area contributed by atoms with Crippen molar-refractivity contribution in [1.29, 1.82) is 0 Å². The van der Waals surface area contributed by atoms with Gasteiger partial charge in [0.15, 0.2) is 5.96 Å². The Bertz CT molecular complexity index is 599. The van der Waals surface area contributed by atoms with E-state index in [2.05, 4.69) is 41.4 Å². The highest BCUT2D eigenvalue weighted by Gasteiger charge is 2.35. The second-order valence-corrected chi connectivity index (χ2v) is 8.54. The van der Waals surface area contributed by atoms with E-state index in [-0.39, 0.29) is 41.6 Å². The Labute approximate surface area is 187 Å². The maximum atomic E-state index is 6.07. The van der Waals surface area contributed by atoms with Crippen LogP contribution in [0.15, 0.2) is 23.3 Å². The molecule has 1 aromatic heterocycles. The Morgan fingerprint density at radius 1 is 1.32 bits per heavy atom. The van der Waals surface area contributed by atoms with Crippen LogP contribution in [0, 0.1) is 11.3 Å². The van der Waals surface area contributed by atoms with Gasteiger partial charge in [0.25, 0.3) is 0 Å². The number of nitrogens with one attached hydrogen (secondary N) is 2. The van der Waals surface area contributed by atoms with Crippen molar-refractivity contribution in [2.24, 2.45) is 16.3 Å². The highest BCUT2D eigenvalue weighted by atomic mass is 127. The van der Waals surface area contributed by atoms with Crippen molar-refractivity contribution in [3.8, 4) is 5.88 Å². The molecule has 2 unspecified atom stereocenters. The number of hydrogen-bond acceptors (Lipinski definition) is 4. The van der Waals surface area contributed by atoms with Crippen molar-refractivity contribution < 1.29 is 9.47 Å². The van der Waals surface area contributed by atoms with E-state index in [9.17, 15) is 0 Å². The maximum absolute atomic E-state index is 6.07. The molecule has 160 valence electrons. The minimum absolute atomic E-state index is 0. The predicted molar refractivity (Wildman–Crippen MR) is 126 cm³/mol. The van der Waals surface area contributed by atoms with Crippen molar-refractivity contribution in [2.75, 3.05) is 20.2 Å². The molecule has 0 spiro atoms. The molecule has 1 fully saturated rings. The second kappa shape index (κ2) is 11.8. The van der Waals surface area contributed by atoms with Crippen molar-refractivity contribution >= 4 is 29.9 Å². The number of hydrogen-bond donors (Lipinski definition) is 2. The molecule has 0 saturated carbocycles. The van der Waals surface area contributed by atoms with Gasteiger partial charge < -0.3 is 20.1 Å². The van der Waals surface area contributed by atoms with Crippen LogP contribution in [-0.4, -0.2) is 43.4 Å². The van der Waals surface area contributed by atoms with Crippen LogP contribution in [0.5, 0.6) is 5.88 Å². The first-order valence-corrected chi connectivity index (χ1v) is 9.97. The molecule has 1 aliphatic heterocycles. The van der Waals surface area contributed by atoms with E-state index in [0.717, 1.165) is 31.1 Å². The topological polar surface area (TPSA) is 67.8 Å². The molecule has 0 amide bonds. The fourth-order valence-corrected chi connectivity index (χ4v) is 3.47. The van der Waals surface area contributed by atoms with Crippen LogP contribution in [0.25, 0.3) is 0 Å². The number of rotatable bonds is 6. The quantitative estimate of drug-likeness (QED) is 0.349. The third kappa shape index (κ3) is 8.11. The summed E-state index contributed by atoms with van der Waals surface area (Å²) >= 11 is 0. The molecule has 0 aromatic carbocycles. The summed E-state index contributed by atoms with van der Waals surface area (Å²) in [5.41, 5.74) is 1.23. The molecule has 0 bridgehead atoms. The normalized spacial score (nSPS) is 20.5. The van der Waals surface area contributed by atoms with E-state index in [1.165, 1.54) is 6.42 Å². The van der Waals surface area contributed by atoms with Crippen LogP contribution in [0.1, 0.15) is 53.0 Å². The molecule has 2 atom stereocenters. The SMILES string of the molecule is CN=C(NCc1ccc(OC(C)C)nc1)NCC1CCCOC1C(C)(C)C.I. The third-order valence-corrected chi connectivity index (χ3v) is 4.67. The molecule has 2 N–H and O–H groups in total. The lowest BCUT2D eigenvalue weighted by Crippen LogP contribution is -2.47. The highest BCUT2D eigenvalue weighted by molar-refractivity contribution is 14.0. The molecule has 0 radical (unpaired) electrons. The Hall–Kier alpha value is -1.09. The van der Waals surface area contributed by atoms with Gasteiger partial charge in [-0.3, -0.25) is 4.99 Å². The summed E-state index contributed by atoms with van der Waals surface area (Å²) < 4.78 is 11.6. The van der Waals surface area contributed by atoms with E-state index < -0.39 is 0 Å². The van der Waals surface area contributed by atoms with Crippen LogP contribution in [0.4, 0.5) is 0 Å². The molecular weight excluding hydrogens is 467 g/mol. The zero-order valence-electron chi connectivity index (χ0n) is 18.1. The third-order valence-electron chi connectivity index (χ3n) is 4.67. The van der Waals surface area contributed by atoms with Gasteiger partial charge in [-0.15, -0.1) is 24.0 Å². The second-order valence-electron chi connectivity index (χ2n) is 8.54. The molecule has 1 aliphatic rings. The molecular formula is C21H37IN4O2. The average molecular weight is 504 g/mol. The first kappa shape index (κ1) is 24.9. The highest BCUT2D eigenvalue weighted by Crippen LogP contribution is 2.33. The fourth-order valence-electron chi connectivity index (χ4n) is 3.47. The number of ether oxygens (including phenoxy) is 2. The van der Waals surface area contributed by atoms with Crippen LogP contribution in [0.2, 0.25) is 0 Å².